The van der Waals surface area contributed by atoms with Gasteiger partial charge in [0.2, 0.25) is 0 Å². The van der Waals surface area contributed by atoms with Gasteiger partial charge in [0.05, 0.1) is 6.10 Å². The summed E-state index contributed by atoms with van der Waals surface area (Å²) >= 11 is 0. The maximum atomic E-state index is 9.81. The van der Waals surface area contributed by atoms with E-state index in [4.69, 9.17) is 5.11 Å². The summed E-state index contributed by atoms with van der Waals surface area (Å²) in [7, 11) is 0. The van der Waals surface area contributed by atoms with E-state index < -0.39 is 0 Å². The maximum absolute atomic E-state index is 9.81. The third kappa shape index (κ3) is 6.50. The molecule has 0 aromatic heterocycles. The van der Waals surface area contributed by atoms with Crippen LogP contribution >= 0.6 is 0 Å². The molecule has 1 unspecified atom stereocenters. The average molecular weight is 251 g/mol. The first-order chi connectivity index (χ1) is 8.72. The van der Waals surface area contributed by atoms with Crippen molar-refractivity contribution in [3.8, 4) is 5.75 Å². The fourth-order valence-electron chi connectivity index (χ4n) is 1.90. The number of phenolic OH excluding ortho intramolecular Hbond substituents is 1. The highest BCUT2D eigenvalue weighted by Crippen LogP contribution is 2.14. The normalized spacial score (nSPS) is 12.3. The number of benzene rings is 1. The second-order valence-corrected chi connectivity index (χ2v) is 4.78. The van der Waals surface area contributed by atoms with E-state index in [0.717, 1.165) is 18.5 Å². The Hall–Kier alpha value is -1.22. The lowest BCUT2D eigenvalue weighted by molar-refractivity contribution is 0.173. The van der Waals surface area contributed by atoms with Crippen LogP contribution in [0.15, 0.2) is 24.3 Å². The van der Waals surface area contributed by atoms with Gasteiger partial charge in [0.15, 0.2) is 0 Å². The average Bonchev–Trinajstić information content (AvgIpc) is 2.38. The minimum Gasteiger partial charge on any atom is -0.508 e. The van der Waals surface area contributed by atoms with Crippen LogP contribution in [0.4, 0.5) is 5.69 Å². The molecule has 102 valence electrons. The molecule has 3 heteroatoms. The summed E-state index contributed by atoms with van der Waals surface area (Å²) in [5.74, 6) is 0.261. The lowest BCUT2D eigenvalue weighted by Gasteiger charge is -2.12. The fourth-order valence-corrected chi connectivity index (χ4v) is 1.90. The Balaban J connectivity index is 2.09. The summed E-state index contributed by atoms with van der Waals surface area (Å²) in [4.78, 5) is 0. The van der Waals surface area contributed by atoms with Gasteiger partial charge in [-0.1, -0.05) is 39.0 Å². The highest BCUT2D eigenvalue weighted by Gasteiger charge is 2.03. The number of aromatic hydroxyl groups is 1. The van der Waals surface area contributed by atoms with Crippen LogP contribution in [0.3, 0.4) is 0 Å². The molecule has 1 aromatic rings. The summed E-state index contributed by atoms with van der Waals surface area (Å²) in [5, 5.41) is 22.1. The molecule has 0 bridgehead atoms. The molecule has 0 saturated heterocycles. The van der Waals surface area contributed by atoms with Gasteiger partial charge < -0.3 is 15.5 Å². The Bertz CT molecular complexity index is 311. The van der Waals surface area contributed by atoms with Gasteiger partial charge in [-0.15, -0.1) is 0 Å². The number of nitrogens with one attached hydrogen (secondary N) is 1. The van der Waals surface area contributed by atoms with Crippen LogP contribution in [-0.2, 0) is 0 Å². The van der Waals surface area contributed by atoms with E-state index in [0.29, 0.717) is 6.54 Å². The Morgan fingerprint density at radius 1 is 1.06 bits per heavy atom. The fraction of sp³-hybridized carbons (Fsp3) is 0.600. The van der Waals surface area contributed by atoms with Gasteiger partial charge in [0.1, 0.15) is 5.75 Å². The molecule has 0 spiro atoms. The van der Waals surface area contributed by atoms with E-state index in [9.17, 15) is 5.11 Å². The van der Waals surface area contributed by atoms with Crippen LogP contribution in [0.5, 0.6) is 5.75 Å². The predicted octanol–water partition coefficient (Wildman–Crippen LogP) is 3.53. The van der Waals surface area contributed by atoms with E-state index in [1.807, 2.05) is 12.1 Å². The van der Waals surface area contributed by atoms with Crippen LogP contribution in [0.1, 0.15) is 45.4 Å². The van der Waals surface area contributed by atoms with Crippen molar-refractivity contribution >= 4 is 5.69 Å². The Labute approximate surface area is 110 Å². The first kappa shape index (κ1) is 14.8. The van der Waals surface area contributed by atoms with Gasteiger partial charge in [-0.3, -0.25) is 0 Å². The lowest BCUT2D eigenvalue weighted by atomic mass is 10.1. The van der Waals surface area contributed by atoms with Gasteiger partial charge in [-0.2, -0.15) is 0 Å². The van der Waals surface area contributed by atoms with Crippen LogP contribution in [0.2, 0.25) is 0 Å². The monoisotopic (exact) mass is 251 g/mol. The first-order valence-corrected chi connectivity index (χ1v) is 6.93. The van der Waals surface area contributed by atoms with Gasteiger partial charge in [0, 0.05) is 12.2 Å². The number of hydrogen-bond donors (Lipinski definition) is 3. The topological polar surface area (TPSA) is 52.5 Å². The highest BCUT2D eigenvalue weighted by atomic mass is 16.3. The molecule has 0 fully saturated rings. The molecule has 0 amide bonds. The zero-order chi connectivity index (χ0) is 13.2. The molecule has 0 saturated carbocycles. The number of aliphatic hydroxyl groups is 1. The molecule has 0 heterocycles. The van der Waals surface area contributed by atoms with Crippen molar-refractivity contribution in [3.05, 3.63) is 24.3 Å². The summed E-state index contributed by atoms with van der Waals surface area (Å²) < 4.78 is 0. The Kier molecular flexibility index (Phi) is 7.26. The number of unbranched alkanes of at least 4 members (excludes halogenated alkanes) is 4. The molecular weight excluding hydrogens is 226 g/mol. The molecule has 0 aliphatic carbocycles. The Morgan fingerprint density at radius 3 is 2.39 bits per heavy atom. The summed E-state index contributed by atoms with van der Waals surface area (Å²) in [6.45, 7) is 2.77. The first-order valence-electron chi connectivity index (χ1n) is 6.93. The quantitative estimate of drug-likeness (QED) is 0.465. The second kappa shape index (κ2) is 8.81. The predicted molar refractivity (Wildman–Crippen MR) is 76.0 cm³/mol. The number of aliphatic hydroxyl groups excluding tert-OH is 1. The molecular formula is C15H25NO2. The number of phenols is 1. The Morgan fingerprint density at radius 2 is 1.72 bits per heavy atom. The third-order valence-electron chi connectivity index (χ3n) is 3.05. The third-order valence-corrected chi connectivity index (χ3v) is 3.05. The molecule has 0 aliphatic rings. The SMILES string of the molecule is CCCCCCCC(O)CNc1ccc(O)cc1. The zero-order valence-electron chi connectivity index (χ0n) is 11.2. The van der Waals surface area contributed by atoms with Crippen LogP contribution < -0.4 is 5.32 Å². The molecule has 0 radical (unpaired) electrons. The van der Waals surface area contributed by atoms with Crippen molar-refractivity contribution in [1.29, 1.82) is 0 Å². The van der Waals surface area contributed by atoms with Crippen molar-refractivity contribution in [3.63, 3.8) is 0 Å². The van der Waals surface area contributed by atoms with Gasteiger partial charge >= 0.3 is 0 Å². The number of hydrogen-bond acceptors (Lipinski definition) is 3. The molecule has 18 heavy (non-hydrogen) atoms. The molecule has 3 N–H and O–H groups in total. The van der Waals surface area contributed by atoms with Crippen LogP contribution in [-0.4, -0.2) is 22.9 Å². The van der Waals surface area contributed by atoms with Crippen molar-refractivity contribution in [2.45, 2.75) is 51.6 Å². The number of rotatable bonds is 9. The summed E-state index contributed by atoms with van der Waals surface area (Å²) in [5.41, 5.74) is 0.929. The molecule has 0 aliphatic heterocycles. The van der Waals surface area contributed by atoms with E-state index in [1.165, 1.54) is 25.7 Å². The van der Waals surface area contributed by atoms with Crippen molar-refractivity contribution < 1.29 is 10.2 Å². The smallest absolute Gasteiger partial charge is 0.115 e. The lowest BCUT2D eigenvalue weighted by Crippen LogP contribution is -2.19. The van der Waals surface area contributed by atoms with E-state index in [1.54, 1.807) is 12.1 Å². The van der Waals surface area contributed by atoms with Gasteiger partial charge in [-0.05, 0) is 30.7 Å². The van der Waals surface area contributed by atoms with Crippen LogP contribution in [0, 0.1) is 0 Å². The van der Waals surface area contributed by atoms with E-state index >= 15 is 0 Å². The molecule has 1 rings (SSSR count). The highest BCUT2D eigenvalue weighted by molar-refractivity contribution is 5.45. The molecule has 1 aromatic carbocycles. The van der Waals surface area contributed by atoms with E-state index in [-0.39, 0.29) is 11.9 Å². The largest absolute Gasteiger partial charge is 0.508 e. The van der Waals surface area contributed by atoms with Crippen LogP contribution in [0.25, 0.3) is 0 Å². The minimum absolute atomic E-state index is 0.261. The maximum Gasteiger partial charge on any atom is 0.115 e. The van der Waals surface area contributed by atoms with Gasteiger partial charge in [0.25, 0.3) is 0 Å². The van der Waals surface area contributed by atoms with Crippen molar-refractivity contribution in [2.24, 2.45) is 0 Å². The number of anilines is 1. The van der Waals surface area contributed by atoms with Crippen molar-refractivity contribution in [1.82, 2.24) is 0 Å². The minimum atomic E-state index is -0.291. The van der Waals surface area contributed by atoms with Crippen molar-refractivity contribution in [2.75, 3.05) is 11.9 Å². The van der Waals surface area contributed by atoms with E-state index in [2.05, 4.69) is 12.2 Å². The zero-order valence-corrected chi connectivity index (χ0v) is 11.2. The second-order valence-electron chi connectivity index (χ2n) is 4.78. The molecule has 3 nitrogen and oxygen atoms in total. The summed E-state index contributed by atoms with van der Waals surface area (Å²) in [6, 6.07) is 6.89. The standard InChI is InChI=1S/C15H25NO2/c1-2-3-4-5-6-7-15(18)12-16-13-8-10-14(17)11-9-13/h8-11,15-18H,2-7,12H2,1H3. The van der Waals surface area contributed by atoms with Gasteiger partial charge in [-0.25, -0.2) is 0 Å². The molecule has 1 atom stereocenters. The summed E-state index contributed by atoms with van der Waals surface area (Å²) in [6.07, 6.45) is 6.69.